The Balaban J connectivity index is 0.00000256. The molecule has 3 nitrogen and oxygen atoms in total. The molecule has 0 saturated heterocycles. The van der Waals surface area contributed by atoms with E-state index in [0.29, 0.717) is 0 Å². The normalized spacial score (nSPS) is 10.5. The Labute approximate surface area is 120 Å². The maximum atomic E-state index is 11.8. The molecule has 0 bridgehead atoms. The second-order valence-electron chi connectivity index (χ2n) is 4.53. The van der Waals surface area contributed by atoms with Gasteiger partial charge in [0.25, 0.3) is 0 Å². The van der Waals surface area contributed by atoms with Crippen LogP contribution in [0.3, 0.4) is 0 Å². The lowest BCUT2D eigenvalue weighted by molar-refractivity contribution is -0.155. The molecule has 0 saturated carbocycles. The van der Waals surface area contributed by atoms with Crippen LogP contribution in [0.25, 0.3) is 0 Å². The zero-order valence-corrected chi connectivity index (χ0v) is 12.9. The third-order valence-corrected chi connectivity index (χ3v) is 2.50. The minimum Gasteiger partial charge on any atom is -0.459 e. The highest BCUT2D eigenvalue weighted by Gasteiger charge is 2.28. The third-order valence-electron chi connectivity index (χ3n) is 2.50. The summed E-state index contributed by atoms with van der Waals surface area (Å²) in [6.07, 6.45) is 3.51. The van der Waals surface area contributed by atoms with Gasteiger partial charge in [0.15, 0.2) is 0 Å². The Morgan fingerprint density at radius 3 is 2.65 bits per heavy atom. The lowest BCUT2D eigenvalue weighted by atomic mass is 9.88. The second kappa shape index (κ2) is 7.63. The molecular weight excluding hydrogens is 329 g/mol. The zero-order valence-electron chi connectivity index (χ0n) is 10.6. The maximum absolute atomic E-state index is 11.8. The number of carbonyl (C=O) groups is 1. The van der Waals surface area contributed by atoms with Gasteiger partial charge in [-0.15, -0.1) is 24.0 Å². The van der Waals surface area contributed by atoms with Crippen LogP contribution in [0.4, 0.5) is 0 Å². The van der Waals surface area contributed by atoms with E-state index in [1.165, 1.54) is 0 Å². The molecule has 1 aromatic heterocycles. The van der Waals surface area contributed by atoms with Crippen molar-refractivity contribution in [2.24, 2.45) is 5.41 Å². The van der Waals surface area contributed by atoms with Gasteiger partial charge < -0.3 is 4.74 Å². The molecule has 4 heteroatoms. The summed E-state index contributed by atoms with van der Waals surface area (Å²) >= 11 is 0. The molecule has 0 spiro atoms. The fraction of sp³-hybridized carbons (Fsp3) is 0.538. The first-order valence-corrected chi connectivity index (χ1v) is 5.63. The zero-order chi connectivity index (χ0) is 12.0. The molecule has 1 heterocycles. The van der Waals surface area contributed by atoms with Crippen molar-refractivity contribution in [2.75, 3.05) is 0 Å². The molecule has 0 radical (unpaired) electrons. The van der Waals surface area contributed by atoms with Gasteiger partial charge in [-0.3, -0.25) is 9.78 Å². The van der Waals surface area contributed by atoms with E-state index in [1.807, 2.05) is 32.0 Å². The predicted molar refractivity (Wildman–Crippen MR) is 78.1 cm³/mol. The lowest BCUT2D eigenvalue weighted by Gasteiger charge is -2.21. The highest BCUT2D eigenvalue weighted by atomic mass is 127. The van der Waals surface area contributed by atoms with Crippen LogP contribution in [-0.4, -0.2) is 11.0 Å². The summed E-state index contributed by atoms with van der Waals surface area (Å²) in [7, 11) is 0. The Hall–Kier alpha value is -0.650. The first kappa shape index (κ1) is 16.4. The fourth-order valence-electron chi connectivity index (χ4n) is 1.55. The van der Waals surface area contributed by atoms with Crippen LogP contribution in [0, 0.1) is 5.41 Å². The van der Waals surface area contributed by atoms with Gasteiger partial charge in [0.05, 0.1) is 11.1 Å². The topological polar surface area (TPSA) is 39.2 Å². The van der Waals surface area contributed by atoms with Gasteiger partial charge in [-0.1, -0.05) is 19.4 Å². The van der Waals surface area contributed by atoms with E-state index >= 15 is 0 Å². The molecular formula is C13H20INO2. The predicted octanol–water partition coefficient (Wildman–Crippen LogP) is 3.57. The number of hydrogen-bond acceptors (Lipinski definition) is 3. The first-order valence-electron chi connectivity index (χ1n) is 5.63. The largest absolute Gasteiger partial charge is 0.459 e. The molecule has 0 atom stereocenters. The number of rotatable bonds is 5. The molecule has 0 aliphatic rings. The summed E-state index contributed by atoms with van der Waals surface area (Å²) in [6, 6.07) is 5.57. The monoisotopic (exact) mass is 349 g/mol. The van der Waals surface area contributed by atoms with Gasteiger partial charge >= 0.3 is 5.97 Å². The standard InChI is InChI=1S/C13H19NO2.HI/c1-4-8-13(2,3)12(15)16-10-11-7-5-6-9-14-11;/h5-7,9H,4,8,10H2,1-3H3;1H. The fourth-order valence-corrected chi connectivity index (χ4v) is 1.55. The quantitative estimate of drug-likeness (QED) is 0.603. The number of hydrogen-bond donors (Lipinski definition) is 0. The number of esters is 1. The van der Waals surface area contributed by atoms with E-state index in [1.54, 1.807) is 6.20 Å². The van der Waals surface area contributed by atoms with Crippen molar-refractivity contribution in [3.8, 4) is 0 Å². The molecule has 0 aliphatic carbocycles. The van der Waals surface area contributed by atoms with Crippen molar-refractivity contribution in [2.45, 2.75) is 40.2 Å². The van der Waals surface area contributed by atoms with Gasteiger partial charge in [-0.25, -0.2) is 0 Å². The summed E-state index contributed by atoms with van der Waals surface area (Å²) < 4.78 is 5.24. The Morgan fingerprint density at radius 1 is 1.41 bits per heavy atom. The van der Waals surface area contributed by atoms with Gasteiger partial charge in [-0.05, 0) is 32.4 Å². The number of pyridine rings is 1. The van der Waals surface area contributed by atoms with Crippen LogP contribution < -0.4 is 0 Å². The van der Waals surface area contributed by atoms with Crippen LogP contribution in [0.5, 0.6) is 0 Å². The van der Waals surface area contributed by atoms with Crippen LogP contribution in [0.1, 0.15) is 39.3 Å². The summed E-state index contributed by atoms with van der Waals surface area (Å²) in [4.78, 5) is 15.9. The number of aromatic nitrogens is 1. The second-order valence-corrected chi connectivity index (χ2v) is 4.53. The molecule has 0 amide bonds. The van der Waals surface area contributed by atoms with E-state index < -0.39 is 5.41 Å². The summed E-state index contributed by atoms with van der Waals surface area (Å²) in [5, 5.41) is 0. The highest BCUT2D eigenvalue weighted by molar-refractivity contribution is 14.0. The number of nitrogens with zero attached hydrogens (tertiary/aromatic N) is 1. The number of ether oxygens (including phenoxy) is 1. The molecule has 0 aromatic carbocycles. The van der Waals surface area contributed by atoms with E-state index in [0.717, 1.165) is 18.5 Å². The Kier molecular flexibility index (Phi) is 7.34. The molecule has 96 valence electrons. The lowest BCUT2D eigenvalue weighted by Crippen LogP contribution is -2.26. The van der Waals surface area contributed by atoms with E-state index in [9.17, 15) is 4.79 Å². The molecule has 17 heavy (non-hydrogen) atoms. The smallest absolute Gasteiger partial charge is 0.311 e. The highest BCUT2D eigenvalue weighted by Crippen LogP contribution is 2.24. The van der Waals surface area contributed by atoms with E-state index in [2.05, 4.69) is 11.9 Å². The van der Waals surface area contributed by atoms with Gasteiger partial charge in [0, 0.05) is 6.20 Å². The van der Waals surface area contributed by atoms with Gasteiger partial charge in [0.1, 0.15) is 6.61 Å². The Bertz CT molecular complexity index is 339. The van der Waals surface area contributed by atoms with Gasteiger partial charge in [0.2, 0.25) is 0 Å². The Morgan fingerprint density at radius 2 is 2.12 bits per heavy atom. The van der Waals surface area contributed by atoms with E-state index in [4.69, 9.17) is 4.74 Å². The molecule has 0 N–H and O–H groups in total. The van der Waals surface area contributed by atoms with Crippen molar-refractivity contribution in [3.63, 3.8) is 0 Å². The molecule has 0 fully saturated rings. The first-order chi connectivity index (χ1) is 7.56. The minimum atomic E-state index is -0.399. The molecule has 1 rings (SSSR count). The van der Waals surface area contributed by atoms with Crippen molar-refractivity contribution in [3.05, 3.63) is 30.1 Å². The molecule has 0 unspecified atom stereocenters. The number of halogens is 1. The summed E-state index contributed by atoms with van der Waals surface area (Å²) in [5.41, 5.74) is 0.381. The van der Waals surface area contributed by atoms with E-state index in [-0.39, 0.29) is 36.6 Å². The van der Waals surface area contributed by atoms with Crippen molar-refractivity contribution < 1.29 is 9.53 Å². The average molecular weight is 349 g/mol. The van der Waals surface area contributed by atoms with Crippen LogP contribution in [0.15, 0.2) is 24.4 Å². The molecule has 0 aliphatic heterocycles. The van der Waals surface area contributed by atoms with Crippen LogP contribution in [-0.2, 0) is 16.1 Å². The SMILES string of the molecule is CCCC(C)(C)C(=O)OCc1ccccn1.I. The van der Waals surface area contributed by atoms with Crippen LogP contribution >= 0.6 is 24.0 Å². The maximum Gasteiger partial charge on any atom is 0.311 e. The third kappa shape index (κ3) is 5.48. The van der Waals surface area contributed by atoms with Crippen molar-refractivity contribution in [1.82, 2.24) is 4.98 Å². The molecule has 1 aromatic rings. The average Bonchev–Trinajstić information content (AvgIpc) is 2.27. The van der Waals surface area contributed by atoms with Crippen molar-refractivity contribution in [1.29, 1.82) is 0 Å². The minimum absolute atomic E-state index is 0. The number of carbonyl (C=O) groups excluding carboxylic acids is 1. The van der Waals surface area contributed by atoms with Gasteiger partial charge in [-0.2, -0.15) is 0 Å². The summed E-state index contributed by atoms with van der Waals surface area (Å²) in [6.45, 7) is 6.15. The van der Waals surface area contributed by atoms with Crippen molar-refractivity contribution >= 4 is 29.9 Å². The van der Waals surface area contributed by atoms with Crippen LogP contribution in [0.2, 0.25) is 0 Å². The summed E-state index contributed by atoms with van der Waals surface area (Å²) in [5.74, 6) is -0.153.